The Morgan fingerprint density at radius 2 is 2.15 bits per heavy atom. The molecular weight excluding hydrogens is 268 g/mol. The normalized spacial score (nSPS) is 21.4. The van der Waals surface area contributed by atoms with Crippen molar-refractivity contribution in [1.82, 2.24) is 0 Å². The van der Waals surface area contributed by atoms with E-state index in [1.54, 1.807) is 11.8 Å². The zero-order valence-electron chi connectivity index (χ0n) is 12.4. The molecule has 0 heterocycles. The van der Waals surface area contributed by atoms with Crippen molar-refractivity contribution >= 4 is 17.5 Å². The lowest BCUT2D eigenvalue weighted by Crippen LogP contribution is -2.26. The Bertz CT molecular complexity index is 503. The predicted octanol–water partition coefficient (Wildman–Crippen LogP) is 4.62. The summed E-state index contributed by atoms with van der Waals surface area (Å²) in [6, 6.07) is 7.88. The van der Waals surface area contributed by atoms with E-state index < -0.39 is 0 Å². The maximum absolute atomic E-state index is 12.6. The average molecular weight is 290 g/mol. The molecule has 0 amide bonds. The summed E-state index contributed by atoms with van der Waals surface area (Å²) in [6.07, 6.45) is 5.84. The first-order valence-electron chi connectivity index (χ1n) is 7.00. The highest BCUT2D eigenvalue weighted by atomic mass is 32.2. The smallest absolute Gasteiger partial charge is 0.166 e. The van der Waals surface area contributed by atoms with Gasteiger partial charge in [-0.15, -0.1) is 11.8 Å². The van der Waals surface area contributed by atoms with Crippen LogP contribution in [0.4, 0.5) is 0 Å². The average Bonchev–Trinajstić information content (AvgIpc) is 2.45. The highest BCUT2D eigenvalue weighted by Crippen LogP contribution is 2.37. The molecule has 0 unspecified atom stereocenters. The second kappa shape index (κ2) is 7.09. The molecule has 1 aliphatic carbocycles. The summed E-state index contributed by atoms with van der Waals surface area (Å²) in [5, 5.41) is 0. The van der Waals surface area contributed by atoms with Crippen molar-refractivity contribution in [2.75, 3.05) is 12.2 Å². The van der Waals surface area contributed by atoms with Gasteiger partial charge in [-0.05, 0) is 38.5 Å². The molecule has 0 N–H and O–H groups in total. The lowest BCUT2D eigenvalue weighted by molar-refractivity contribution is 0.0527. The van der Waals surface area contributed by atoms with E-state index in [0.29, 0.717) is 5.94 Å². The number of thioether (sulfide) groups is 1. The van der Waals surface area contributed by atoms with Gasteiger partial charge in [0.15, 0.2) is 5.78 Å². The van der Waals surface area contributed by atoms with Crippen LogP contribution in [0.2, 0.25) is 0 Å². The largest absolute Gasteiger partial charge is 0.363 e. The molecule has 3 heteroatoms. The van der Waals surface area contributed by atoms with Gasteiger partial charge >= 0.3 is 0 Å². The number of ketones is 1. The van der Waals surface area contributed by atoms with Crippen LogP contribution in [-0.4, -0.2) is 18.0 Å². The van der Waals surface area contributed by atoms with Crippen molar-refractivity contribution in [3.05, 3.63) is 47.0 Å². The van der Waals surface area contributed by atoms with E-state index in [9.17, 15) is 4.79 Å². The molecule has 2 atom stereocenters. The van der Waals surface area contributed by atoms with E-state index in [-0.39, 0.29) is 17.8 Å². The Labute approximate surface area is 125 Å². The first kappa shape index (κ1) is 15.3. The lowest BCUT2D eigenvalue weighted by Gasteiger charge is -2.30. The summed E-state index contributed by atoms with van der Waals surface area (Å²) in [4.78, 5) is 12.6. The summed E-state index contributed by atoms with van der Waals surface area (Å²) in [5.41, 5.74) is 3.16. The van der Waals surface area contributed by atoms with Gasteiger partial charge in [0.25, 0.3) is 0 Å². The fourth-order valence-electron chi connectivity index (χ4n) is 2.60. The van der Waals surface area contributed by atoms with Crippen molar-refractivity contribution in [3.8, 4) is 0 Å². The number of rotatable bonds is 5. The van der Waals surface area contributed by atoms with Crippen LogP contribution in [0.3, 0.4) is 0 Å². The molecule has 1 aromatic rings. The molecule has 0 radical (unpaired) electrons. The minimum atomic E-state index is 0.0478. The van der Waals surface area contributed by atoms with Crippen molar-refractivity contribution in [1.29, 1.82) is 0 Å². The quantitative estimate of drug-likeness (QED) is 0.584. The van der Waals surface area contributed by atoms with E-state index in [1.165, 1.54) is 5.57 Å². The molecule has 20 heavy (non-hydrogen) atoms. The number of fused-ring (bicyclic) bond motifs is 1. The van der Waals surface area contributed by atoms with E-state index in [1.807, 2.05) is 30.5 Å². The van der Waals surface area contributed by atoms with Gasteiger partial charge in [-0.1, -0.05) is 35.9 Å². The van der Waals surface area contributed by atoms with Crippen molar-refractivity contribution < 1.29 is 9.53 Å². The van der Waals surface area contributed by atoms with Gasteiger partial charge in [-0.25, -0.2) is 0 Å². The Kier molecular flexibility index (Phi) is 5.44. The zero-order valence-corrected chi connectivity index (χ0v) is 13.2. The van der Waals surface area contributed by atoms with Crippen LogP contribution in [0, 0.1) is 5.92 Å². The molecule has 2 rings (SSSR count). The van der Waals surface area contributed by atoms with E-state index >= 15 is 0 Å². The number of allylic oxidation sites excluding steroid dienone is 2. The minimum absolute atomic E-state index is 0.0478. The van der Waals surface area contributed by atoms with Gasteiger partial charge in [0.1, 0.15) is 0 Å². The van der Waals surface area contributed by atoms with Gasteiger partial charge in [0, 0.05) is 11.5 Å². The van der Waals surface area contributed by atoms with Crippen LogP contribution < -0.4 is 0 Å². The third kappa shape index (κ3) is 3.53. The summed E-state index contributed by atoms with van der Waals surface area (Å²) < 4.78 is 5.93. The molecule has 1 aromatic carbocycles. The predicted molar refractivity (Wildman–Crippen MR) is 85.1 cm³/mol. The van der Waals surface area contributed by atoms with Gasteiger partial charge in [-0.2, -0.15) is 0 Å². The molecule has 1 aliphatic rings. The number of hydrogen-bond donors (Lipinski definition) is 0. The minimum Gasteiger partial charge on any atom is -0.363 e. The van der Waals surface area contributed by atoms with E-state index in [0.717, 1.165) is 24.0 Å². The van der Waals surface area contributed by atoms with Crippen molar-refractivity contribution in [2.45, 2.75) is 32.8 Å². The summed E-state index contributed by atoms with van der Waals surface area (Å²) in [6.45, 7) is 4.14. The third-order valence-corrected chi connectivity index (χ3v) is 4.01. The number of Topliss-reactive ketones (excluding diaryl/α,β-unsaturated/α-hetero) is 1. The fraction of sp³-hybridized carbons (Fsp3) is 0.471. The van der Waals surface area contributed by atoms with Gasteiger partial charge in [0.05, 0.1) is 12.0 Å². The molecule has 0 aliphatic heterocycles. The molecule has 108 valence electrons. The molecule has 0 fully saturated rings. The first-order valence-corrected chi connectivity index (χ1v) is 8.40. The monoisotopic (exact) mass is 290 g/mol. The van der Waals surface area contributed by atoms with Crippen LogP contribution in [0.5, 0.6) is 0 Å². The molecule has 2 nitrogen and oxygen atoms in total. The van der Waals surface area contributed by atoms with Crippen LogP contribution in [-0.2, 0) is 4.74 Å². The molecule has 0 spiro atoms. The Hall–Kier alpha value is -1.06. The van der Waals surface area contributed by atoms with Gasteiger partial charge in [0.2, 0.25) is 0 Å². The molecule has 0 aromatic heterocycles. The second-order valence-corrected chi connectivity index (χ2v) is 6.28. The standard InChI is InChI=1S/C17H22O2S/c1-12(2)8-9-13-10-16(19-11-20-3)14-6-4-5-7-15(14)17(13)18/h4-8,13,16H,9-11H2,1-3H3/t13-,16+/m1/s1. The third-order valence-electron chi connectivity index (χ3n) is 3.64. The molecule has 0 bridgehead atoms. The first-order chi connectivity index (χ1) is 9.63. The topological polar surface area (TPSA) is 26.3 Å². The van der Waals surface area contributed by atoms with Crippen LogP contribution in [0.25, 0.3) is 0 Å². The maximum Gasteiger partial charge on any atom is 0.166 e. The van der Waals surface area contributed by atoms with Crippen LogP contribution in [0.1, 0.15) is 48.7 Å². The molecule has 0 saturated heterocycles. The summed E-state index contributed by atoms with van der Waals surface area (Å²) in [7, 11) is 0. The van der Waals surface area contributed by atoms with Gasteiger partial charge < -0.3 is 4.74 Å². The van der Waals surface area contributed by atoms with Crippen molar-refractivity contribution in [3.63, 3.8) is 0 Å². The highest BCUT2D eigenvalue weighted by molar-refractivity contribution is 7.98. The molecular formula is C17H22O2S. The van der Waals surface area contributed by atoms with E-state index in [2.05, 4.69) is 19.9 Å². The Balaban J connectivity index is 2.24. The Morgan fingerprint density at radius 3 is 2.85 bits per heavy atom. The fourth-order valence-corrected chi connectivity index (χ4v) is 2.90. The van der Waals surface area contributed by atoms with Crippen molar-refractivity contribution in [2.24, 2.45) is 5.92 Å². The number of carbonyl (C=O) groups is 1. The van der Waals surface area contributed by atoms with Gasteiger partial charge in [-0.3, -0.25) is 4.79 Å². The van der Waals surface area contributed by atoms with Crippen LogP contribution in [0.15, 0.2) is 35.9 Å². The summed E-state index contributed by atoms with van der Waals surface area (Å²) >= 11 is 1.67. The number of carbonyl (C=O) groups excluding carboxylic acids is 1. The number of ether oxygens (including phenoxy) is 1. The SMILES string of the molecule is CSCO[C@H]1C[C@@H](CC=C(C)C)C(=O)c2ccccc21. The zero-order chi connectivity index (χ0) is 14.5. The second-order valence-electron chi connectivity index (χ2n) is 5.46. The summed E-state index contributed by atoms with van der Waals surface area (Å²) in [5.74, 6) is 0.983. The number of hydrogen-bond acceptors (Lipinski definition) is 3. The van der Waals surface area contributed by atoms with E-state index in [4.69, 9.17) is 4.74 Å². The maximum atomic E-state index is 12.6. The Morgan fingerprint density at radius 1 is 1.40 bits per heavy atom. The highest BCUT2D eigenvalue weighted by Gasteiger charge is 2.33. The number of benzene rings is 1. The molecule has 0 saturated carbocycles. The lowest BCUT2D eigenvalue weighted by atomic mass is 9.79. The van der Waals surface area contributed by atoms with Crippen LogP contribution >= 0.6 is 11.8 Å².